The van der Waals surface area contributed by atoms with Crippen molar-refractivity contribution in [2.45, 2.75) is 25.2 Å². The molecule has 0 aliphatic carbocycles. The SMILES string of the molecule is Cc1ccc2c(c1)C(O)C1CN(C)CCC1(O)O2. The molecular weight excluding hydrogens is 230 g/mol. The second kappa shape index (κ2) is 3.95. The molecule has 1 fully saturated rings. The number of aliphatic hydroxyl groups is 2. The number of aliphatic hydroxyl groups excluding tert-OH is 1. The summed E-state index contributed by atoms with van der Waals surface area (Å²) in [4.78, 5) is 2.12. The molecular formula is C14H19NO3. The number of likely N-dealkylation sites (tertiary alicyclic amines) is 1. The van der Waals surface area contributed by atoms with E-state index in [1.54, 1.807) is 0 Å². The van der Waals surface area contributed by atoms with Crippen molar-refractivity contribution in [2.24, 2.45) is 5.92 Å². The van der Waals surface area contributed by atoms with E-state index in [0.717, 1.165) is 17.7 Å². The van der Waals surface area contributed by atoms with Crippen molar-refractivity contribution in [3.63, 3.8) is 0 Å². The Balaban J connectivity index is 2.03. The first-order valence-corrected chi connectivity index (χ1v) is 6.38. The topological polar surface area (TPSA) is 52.9 Å². The zero-order valence-corrected chi connectivity index (χ0v) is 10.8. The van der Waals surface area contributed by atoms with Crippen LogP contribution >= 0.6 is 0 Å². The predicted molar refractivity (Wildman–Crippen MR) is 67.3 cm³/mol. The van der Waals surface area contributed by atoms with Gasteiger partial charge in [0.05, 0.1) is 12.0 Å². The molecule has 2 aliphatic rings. The number of benzene rings is 1. The van der Waals surface area contributed by atoms with Crippen molar-refractivity contribution in [3.8, 4) is 5.75 Å². The Morgan fingerprint density at radius 3 is 3.00 bits per heavy atom. The minimum absolute atomic E-state index is 0.287. The summed E-state index contributed by atoms with van der Waals surface area (Å²) in [5.74, 6) is -0.907. The van der Waals surface area contributed by atoms with E-state index in [1.165, 1.54) is 0 Å². The lowest BCUT2D eigenvalue weighted by Crippen LogP contribution is -2.58. The molecule has 98 valence electrons. The van der Waals surface area contributed by atoms with Gasteiger partial charge in [-0.2, -0.15) is 0 Å². The van der Waals surface area contributed by atoms with Crippen LogP contribution in [0.2, 0.25) is 0 Å². The van der Waals surface area contributed by atoms with Crippen molar-refractivity contribution < 1.29 is 14.9 Å². The van der Waals surface area contributed by atoms with Crippen LogP contribution in [0.4, 0.5) is 0 Å². The normalized spacial score (nSPS) is 35.6. The van der Waals surface area contributed by atoms with E-state index in [9.17, 15) is 10.2 Å². The van der Waals surface area contributed by atoms with E-state index >= 15 is 0 Å². The minimum Gasteiger partial charge on any atom is -0.462 e. The lowest BCUT2D eigenvalue weighted by Gasteiger charge is -2.48. The Bertz CT molecular complexity index is 476. The van der Waals surface area contributed by atoms with Crippen LogP contribution in [0.5, 0.6) is 5.75 Å². The molecule has 3 unspecified atom stereocenters. The first-order chi connectivity index (χ1) is 8.49. The molecule has 4 heteroatoms. The van der Waals surface area contributed by atoms with E-state index in [2.05, 4.69) is 4.90 Å². The lowest BCUT2D eigenvalue weighted by molar-refractivity contribution is -0.239. The van der Waals surface area contributed by atoms with Gasteiger partial charge in [0.1, 0.15) is 5.75 Å². The Labute approximate surface area is 107 Å². The Kier molecular flexibility index (Phi) is 2.62. The van der Waals surface area contributed by atoms with E-state index in [4.69, 9.17) is 4.74 Å². The number of fused-ring (bicyclic) bond motifs is 2. The highest BCUT2D eigenvalue weighted by Gasteiger charge is 2.50. The zero-order chi connectivity index (χ0) is 12.9. The van der Waals surface area contributed by atoms with Gasteiger partial charge in [-0.05, 0) is 26.1 Å². The number of aryl methyl sites for hydroxylation is 1. The van der Waals surface area contributed by atoms with Gasteiger partial charge in [0.2, 0.25) is 5.79 Å². The second-order valence-corrected chi connectivity index (χ2v) is 5.55. The molecule has 3 atom stereocenters. The summed E-state index contributed by atoms with van der Waals surface area (Å²) in [6.45, 7) is 3.41. The molecule has 1 aromatic carbocycles. The lowest BCUT2D eigenvalue weighted by atomic mass is 9.80. The molecule has 0 radical (unpaired) electrons. The number of piperidine rings is 1. The number of hydrogen-bond acceptors (Lipinski definition) is 4. The average molecular weight is 249 g/mol. The van der Waals surface area contributed by atoms with Crippen LogP contribution in [0, 0.1) is 12.8 Å². The molecule has 0 aromatic heterocycles. The van der Waals surface area contributed by atoms with Gasteiger partial charge < -0.3 is 19.8 Å². The summed E-state index contributed by atoms with van der Waals surface area (Å²) in [5.41, 5.74) is 1.88. The first-order valence-electron chi connectivity index (χ1n) is 6.38. The van der Waals surface area contributed by atoms with Crippen molar-refractivity contribution >= 4 is 0 Å². The van der Waals surface area contributed by atoms with Gasteiger partial charge in [0.25, 0.3) is 0 Å². The van der Waals surface area contributed by atoms with Crippen LogP contribution in [-0.2, 0) is 0 Å². The van der Waals surface area contributed by atoms with Gasteiger partial charge in [0, 0.05) is 25.1 Å². The fourth-order valence-electron chi connectivity index (χ4n) is 2.98. The van der Waals surface area contributed by atoms with Gasteiger partial charge in [0.15, 0.2) is 0 Å². The van der Waals surface area contributed by atoms with Crippen LogP contribution in [0.25, 0.3) is 0 Å². The van der Waals surface area contributed by atoms with E-state index in [0.29, 0.717) is 18.7 Å². The maximum Gasteiger partial charge on any atom is 0.216 e. The number of nitrogens with zero attached hydrogens (tertiary/aromatic N) is 1. The van der Waals surface area contributed by atoms with E-state index < -0.39 is 11.9 Å². The molecule has 2 heterocycles. The maximum absolute atomic E-state index is 10.6. The highest BCUT2D eigenvalue weighted by molar-refractivity contribution is 5.41. The monoisotopic (exact) mass is 249 g/mol. The smallest absolute Gasteiger partial charge is 0.216 e. The zero-order valence-electron chi connectivity index (χ0n) is 10.8. The number of rotatable bonds is 0. The Morgan fingerprint density at radius 1 is 1.44 bits per heavy atom. The van der Waals surface area contributed by atoms with Gasteiger partial charge in [-0.25, -0.2) is 0 Å². The molecule has 4 nitrogen and oxygen atoms in total. The third kappa shape index (κ3) is 1.72. The van der Waals surface area contributed by atoms with Crippen molar-refractivity contribution in [2.75, 3.05) is 20.1 Å². The minimum atomic E-state index is -1.23. The molecule has 0 spiro atoms. The standard InChI is InChI=1S/C14H19NO3/c1-9-3-4-12-10(7-9)13(16)11-8-15(2)6-5-14(11,17)18-12/h3-4,7,11,13,16-17H,5-6,8H2,1-2H3. The summed E-state index contributed by atoms with van der Waals surface area (Å²) >= 11 is 0. The van der Waals surface area contributed by atoms with Crippen LogP contribution in [0.3, 0.4) is 0 Å². The number of ether oxygens (including phenoxy) is 1. The fraction of sp³-hybridized carbons (Fsp3) is 0.571. The summed E-state index contributed by atoms with van der Waals surface area (Å²) < 4.78 is 5.77. The van der Waals surface area contributed by atoms with Gasteiger partial charge >= 0.3 is 0 Å². The summed E-state index contributed by atoms with van der Waals surface area (Å²) in [7, 11) is 2.00. The molecule has 2 aliphatic heterocycles. The van der Waals surface area contributed by atoms with Crippen LogP contribution in [0.1, 0.15) is 23.7 Å². The predicted octanol–water partition coefficient (Wildman–Crippen LogP) is 1.06. The number of hydrogen-bond donors (Lipinski definition) is 2. The summed E-state index contributed by atoms with van der Waals surface area (Å²) in [5, 5.41) is 21.1. The van der Waals surface area contributed by atoms with Crippen LogP contribution < -0.4 is 4.74 Å². The van der Waals surface area contributed by atoms with Gasteiger partial charge in [-0.1, -0.05) is 11.6 Å². The molecule has 2 N–H and O–H groups in total. The molecule has 18 heavy (non-hydrogen) atoms. The maximum atomic E-state index is 10.6. The molecule has 0 bridgehead atoms. The van der Waals surface area contributed by atoms with Crippen LogP contribution in [0.15, 0.2) is 18.2 Å². The molecule has 0 amide bonds. The summed E-state index contributed by atoms with van der Waals surface area (Å²) in [6, 6.07) is 5.71. The van der Waals surface area contributed by atoms with E-state index in [1.807, 2.05) is 32.2 Å². The van der Waals surface area contributed by atoms with Gasteiger partial charge in [-0.15, -0.1) is 0 Å². The largest absolute Gasteiger partial charge is 0.462 e. The molecule has 1 saturated heterocycles. The Morgan fingerprint density at radius 2 is 2.22 bits per heavy atom. The van der Waals surface area contributed by atoms with Crippen LogP contribution in [-0.4, -0.2) is 41.0 Å². The average Bonchev–Trinajstić information content (AvgIpc) is 2.33. The highest BCUT2D eigenvalue weighted by atomic mass is 16.6. The molecule has 0 saturated carbocycles. The molecule has 3 rings (SSSR count). The van der Waals surface area contributed by atoms with Crippen molar-refractivity contribution in [1.82, 2.24) is 4.90 Å². The van der Waals surface area contributed by atoms with E-state index in [-0.39, 0.29) is 5.92 Å². The van der Waals surface area contributed by atoms with Crippen molar-refractivity contribution in [3.05, 3.63) is 29.3 Å². The fourth-order valence-corrected chi connectivity index (χ4v) is 2.98. The Hall–Kier alpha value is -1.10. The van der Waals surface area contributed by atoms with Gasteiger partial charge in [-0.3, -0.25) is 0 Å². The first kappa shape index (κ1) is 12.0. The quantitative estimate of drug-likeness (QED) is 0.722. The third-order valence-electron chi connectivity index (χ3n) is 4.09. The summed E-state index contributed by atoms with van der Waals surface area (Å²) in [6.07, 6.45) is -0.139. The van der Waals surface area contributed by atoms with Crippen molar-refractivity contribution in [1.29, 1.82) is 0 Å². The highest BCUT2D eigenvalue weighted by Crippen LogP contribution is 2.46. The molecule has 1 aromatic rings. The second-order valence-electron chi connectivity index (χ2n) is 5.55. The third-order valence-corrected chi connectivity index (χ3v) is 4.09.